The third-order valence-electron chi connectivity index (χ3n) is 4.31. The first-order valence-electron chi connectivity index (χ1n) is 7.95. The highest BCUT2D eigenvalue weighted by molar-refractivity contribution is 7.89. The molecule has 3 rings (SSSR count). The molecule has 124 valence electrons. The van der Waals surface area contributed by atoms with Crippen LogP contribution in [-0.4, -0.2) is 36.5 Å². The smallest absolute Gasteiger partial charge is 0.214 e. The van der Waals surface area contributed by atoms with Crippen molar-refractivity contribution in [2.45, 2.75) is 26.2 Å². The van der Waals surface area contributed by atoms with Crippen molar-refractivity contribution >= 4 is 26.5 Å². The van der Waals surface area contributed by atoms with Gasteiger partial charge >= 0.3 is 0 Å². The van der Waals surface area contributed by atoms with Crippen molar-refractivity contribution in [3.05, 3.63) is 41.9 Å². The van der Waals surface area contributed by atoms with E-state index in [9.17, 15) is 12.8 Å². The quantitative estimate of drug-likeness (QED) is 0.908. The summed E-state index contributed by atoms with van der Waals surface area (Å²) in [6.07, 6.45) is 6.03. The zero-order valence-corrected chi connectivity index (χ0v) is 14.0. The van der Waals surface area contributed by atoms with Crippen LogP contribution < -0.4 is 0 Å². The summed E-state index contributed by atoms with van der Waals surface area (Å²) in [5.41, 5.74) is 2.93. The average molecular weight is 336 g/mol. The molecule has 0 saturated carbocycles. The maximum absolute atomic E-state index is 13.5. The maximum atomic E-state index is 13.5. The van der Waals surface area contributed by atoms with E-state index < -0.39 is 10.0 Å². The van der Waals surface area contributed by atoms with Gasteiger partial charge in [0.25, 0.3) is 0 Å². The largest absolute Gasteiger partial charge is 0.361 e. The molecule has 2 aromatic rings. The molecule has 0 amide bonds. The van der Waals surface area contributed by atoms with Crippen molar-refractivity contribution in [2.24, 2.45) is 0 Å². The van der Waals surface area contributed by atoms with Crippen LogP contribution >= 0.6 is 0 Å². The molecular weight excluding hydrogens is 315 g/mol. The number of halogens is 1. The molecule has 0 spiro atoms. The zero-order chi connectivity index (χ0) is 16.4. The molecule has 0 unspecified atom stereocenters. The Kier molecular flexibility index (Phi) is 4.55. The van der Waals surface area contributed by atoms with E-state index in [-0.39, 0.29) is 11.6 Å². The molecule has 0 fully saturated rings. The van der Waals surface area contributed by atoms with E-state index in [2.05, 4.69) is 4.98 Å². The monoisotopic (exact) mass is 336 g/mol. The highest BCUT2D eigenvalue weighted by Crippen LogP contribution is 2.30. The zero-order valence-electron chi connectivity index (χ0n) is 13.2. The minimum atomic E-state index is -3.17. The van der Waals surface area contributed by atoms with Gasteiger partial charge in [-0.1, -0.05) is 19.4 Å². The van der Waals surface area contributed by atoms with Crippen molar-refractivity contribution in [2.75, 3.05) is 18.8 Å². The summed E-state index contributed by atoms with van der Waals surface area (Å²) in [7, 11) is -3.17. The molecule has 4 nitrogen and oxygen atoms in total. The van der Waals surface area contributed by atoms with Gasteiger partial charge in [-0.15, -0.1) is 0 Å². The van der Waals surface area contributed by atoms with E-state index in [4.69, 9.17) is 0 Å². The minimum Gasteiger partial charge on any atom is -0.361 e. The number of hydrogen-bond donors (Lipinski definition) is 1. The summed E-state index contributed by atoms with van der Waals surface area (Å²) < 4.78 is 39.5. The maximum Gasteiger partial charge on any atom is 0.214 e. The van der Waals surface area contributed by atoms with Crippen LogP contribution in [0.1, 0.15) is 31.7 Å². The van der Waals surface area contributed by atoms with Gasteiger partial charge in [0.2, 0.25) is 10.0 Å². The number of aromatic amines is 1. The lowest BCUT2D eigenvalue weighted by Crippen LogP contribution is -2.36. The van der Waals surface area contributed by atoms with Crippen LogP contribution in [0.3, 0.4) is 0 Å². The minimum absolute atomic E-state index is 0.213. The second-order valence-electron chi connectivity index (χ2n) is 5.90. The van der Waals surface area contributed by atoms with Gasteiger partial charge in [0.1, 0.15) is 5.82 Å². The molecule has 0 bridgehead atoms. The predicted octanol–water partition coefficient (Wildman–Crippen LogP) is 3.53. The molecule has 0 radical (unpaired) electrons. The summed E-state index contributed by atoms with van der Waals surface area (Å²) in [5.74, 6) is -0.0520. The van der Waals surface area contributed by atoms with E-state index in [1.807, 2.05) is 19.2 Å². The van der Waals surface area contributed by atoms with Crippen molar-refractivity contribution in [1.82, 2.24) is 9.29 Å². The third kappa shape index (κ3) is 3.33. The van der Waals surface area contributed by atoms with Crippen LogP contribution in [0, 0.1) is 5.82 Å². The lowest BCUT2D eigenvalue weighted by molar-refractivity contribution is 0.440. The van der Waals surface area contributed by atoms with Crippen LogP contribution in [0.4, 0.5) is 4.39 Å². The topological polar surface area (TPSA) is 53.2 Å². The summed E-state index contributed by atoms with van der Waals surface area (Å²) in [6, 6.07) is 4.67. The van der Waals surface area contributed by atoms with E-state index in [0.29, 0.717) is 25.9 Å². The molecule has 1 N–H and O–H groups in total. The first-order chi connectivity index (χ1) is 11.0. The average Bonchev–Trinajstić information content (AvgIpc) is 2.96. The number of nitrogens with zero attached hydrogens (tertiary/aromatic N) is 1. The Balaban J connectivity index is 1.82. The molecule has 1 aromatic heterocycles. The standard InChI is InChI=1S/C17H21FN2O2S/c1-2-3-10-23(21,22)20-8-6-13(7-9-20)16-12-19-17-5-4-14(18)11-15(16)17/h4-6,11-12,19H,2-3,7-10H2,1H3. The Bertz CT molecular complexity index is 839. The van der Waals surface area contributed by atoms with E-state index >= 15 is 0 Å². The summed E-state index contributed by atoms with van der Waals surface area (Å²) in [5, 5.41) is 0.846. The fourth-order valence-corrected chi connectivity index (χ4v) is 4.54. The number of aromatic nitrogens is 1. The van der Waals surface area contributed by atoms with Crippen LogP contribution in [0.25, 0.3) is 16.5 Å². The molecule has 6 heteroatoms. The number of hydrogen-bond acceptors (Lipinski definition) is 2. The normalized spacial score (nSPS) is 16.7. The molecule has 0 saturated heterocycles. The van der Waals surface area contributed by atoms with Gasteiger partial charge in [0, 0.05) is 35.8 Å². The molecule has 0 atom stereocenters. The first-order valence-corrected chi connectivity index (χ1v) is 9.56. The number of benzene rings is 1. The van der Waals surface area contributed by atoms with Crippen molar-refractivity contribution in [3.8, 4) is 0 Å². The van der Waals surface area contributed by atoms with Crippen LogP contribution in [0.2, 0.25) is 0 Å². The van der Waals surface area contributed by atoms with Gasteiger partial charge in [-0.2, -0.15) is 4.31 Å². The number of fused-ring (bicyclic) bond motifs is 1. The van der Waals surface area contributed by atoms with E-state index in [0.717, 1.165) is 28.5 Å². The van der Waals surface area contributed by atoms with Crippen LogP contribution in [0.5, 0.6) is 0 Å². The second-order valence-corrected chi connectivity index (χ2v) is 7.99. The molecule has 1 aliphatic heterocycles. The van der Waals surface area contributed by atoms with E-state index in [1.54, 1.807) is 10.4 Å². The van der Waals surface area contributed by atoms with Gasteiger partial charge in [0.15, 0.2) is 0 Å². The Hall–Kier alpha value is -1.66. The number of H-pyrrole nitrogens is 1. The Morgan fingerprint density at radius 1 is 1.35 bits per heavy atom. The summed E-state index contributed by atoms with van der Waals surface area (Å²) >= 11 is 0. The van der Waals surface area contributed by atoms with Gasteiger partial charge in [-0.05, 0) is 36.6 Å². The number of rotatable bonds is 5. The number of sulfonamides is 1. The van der Waals surface area contributed by atoms with Crippen molar-refractivity contribution < 1.29 is 12.8 Å². The second kappa shape index (κ2) is 6.45. The van der Waals surface area contributed by atoms with Crippen molar-refractivity contribution in [3.63, 3.8) is 0 Å². The van der Waals surface area contributed by atoms with Crippen molar-refractivity contribution in [1.29, 1.82) is 0 Å². The molecule has 1 aromatic carbocycles. The van der Waals surface area contributed by atoms with Gasteiger partial charge < -0.3 is 4.98 Å². The SMILES string of the molecule is CCCCS(=O)(=O)N1CC=C(c2c[nH]c3ccc(F)cc23)CC1. The fourth-order valence-electron chi connectivity index (χ4n) is 2.96. The number of unbranched alkanes of at least 4 members (excludes halogenated alkanes) is 1. The van der Waals surface area contributed by atoms with Crippen LogP contribution in [-0.2, 0) is 10.0 Å². The Morgan fingerprint density at radius 2 is 2.17 bits per heavy atom. The molecule has 2 heterocycles. The highest BCUT2D eigenvalue weighted by Gasteiger charge is 2.24. The molecule has 23 heavy (non-hydrogen) atoms. The fraction of sp³-hybridized carbons (Fsp3) is 0.412. The summed E-state index contributed by atoms with van der Waals surface area (Å²) in [4.78, 5) is 3.14. The Morgan fingerprint density at radius 3 is 2.87 bits per heavy atom. The molecule has 1 aliphatic rings. The lowest BCUT2D eigenvalue weighted by Gasteiger charge is -2.25. The number of nitrogens with one attached hydrogen (secondary N) is 1. The van der Waals surface area contributed by atoms with Gasteiger partial charge in [-0.3, -0.25) is 0 Å². The molecule has 0 aliphatic carbocycles. The first kappa shape index (κ1) is 16.2. The lowest BCUT2D eigenvalue weighted by atomic mass is 10.00. The predicted molar refractivity (Wildman–Crippen MR) is 91.1 cm³/mol. The third-order valence-corrected chi connectivity index (χ3v) is 6.23. The molecular formula is C17H21FN2O2S. The van der Waals surface area contributed by atoms with Gasteiger partial charge in [0.05, 0.1) is 5.75 Å². The highest BCUT2D eigenvalue weighted by atomic mass is 32.2. The summed E-state index contributed by atoms with van der Waals surface area (Å²) in [6.45, 7) is 2.86. The van der Waals surface area contributed by atoms with Gasteiger partial charge in [-0.25, -0.2) is 12.8 Å². The Labute approximate surface area is 136 Å². The van der Waals surface area contributed by atoms with E-state index in [1.165, 1.54) is 12.1 Å². The van der Waals surface area contributed by atoms with Crippen LogP contribution in [0.15, 0.2) is 30.5 Å².